The fourth-order valence-electron chi connectivity index (χ4n) is 10.1. The smallest absolute Gasteiger partial charge is 0.274 e. The molecule has 5 amide bonds. The highest BCUT2D eigenvalue weighted by molar-refractivity contribution is 6.09. The summed E-state index contributed by atoms with van der Waals surface area (Å²) in [4.78, 5) is 85.1. The van der Waals surface area contributed by atoms with Gasteiger partial charge in [-0.15, -0.1) is 0 Å². The van der Waals surface area contributed by atoms with Gasteiger partial charge < -0.3 is 46.1 Å². The first-order chi connectivity index (χ1) is 34.3. The Balaban J connectivity index is 0.000000283. The fourth-order valence-corrected chi connectivity index (χ4v) is 10.1. The Kier molecular flexibility index (Phi) is 16.9. The third-order valence-corrected chi connectivity index (χ3v) is 14.4. The Bertz CT molecular complexity index is 2530. The van der Waals surface area contributed by atoms with Crippen molar-refractivity contribution in [2.45, 2.75) is 51.5 Å². The lowest BCUT2D eigenvalue weighted by molar-refractivity contribution is -0.164. The zero-order chi connectivity index (χ0) is 49.9. The zero-order valence-electron chi connectivity index (χ0n) is 40.5. The number of aryl methyl sites for hydroxylation is 1. The van der Waals surface area contributed by atoms with Crippen molar-refractivity contribution in [1.29, 1.82) is 5.41 Å². The third-order valence-electron chi connectivity index (χ3n) is 14.4. The molecule has 2 aromatic carbocycles. The van der Waals surface area contributed by atoms with Gasteiger partial charge in [-0.3, -0.25) is 28.9 Å². The van der Waals surface area contributed by atoms with Crippen molar-refractivity contribution < 1.29 is 33.1 Å². The number of primary amides is 1. The predicted octanol–water partition coefficient (Wildman–Crippen LogP) is 3.11. The second kappa shape index (κ2) is 23.6. The monoisotopic (exact) mass is 973 g/mol. The number of piperidine rings is 1. The summed E-state index contributed by atoms with van der Waals surface area (Å²) in [7, 11) is 0. The average Bonchev–Trinajstić information content (AvgIpc) is 3.35. The summed E-state index contributed by atoms with van der Waals surface area (Å²) >= 11 is 0. The summed E-state index contributed by atoms with van der Waals surface area (Å²) in [5, 5.41) is 14.2. The number of benzene rings is 2. The number of pyridine rings is 1. The number of nitrogens with zero attached hydrogens (tertiary/aromatic N) is 8. The molecule has 6 heterocycles. The van der Waals surface area contributed by atoms with Gasteiger partial charge in [0.1, 0.15) is 12.1 Å². The largest absolute Gasteiger partial charge is 0.380 e. The summed E-state index contributed by atoms with van der Waals surface area (Å²) in [5.41, 5.74) is 10.7. The van der Waals surface area contributed by atoms with Crippen molar-refractivity contribution in [3.63, 3.8) is 0 Å². The number of piperazine rings is 2. The Labute approximate surface area is 414 Å². The highest BCUT2D eigenvalue weighted by atomic mass is 19.1. The number of carbonyl (C=O) groups is 5. The van der Waals surface area contributed by atoms with Gasteiger partial charge in [0.2, 0.25) is 24.1 Å². The number of nitrogens with one attached hydrogen (secondary N) is 3. The van der Waals surface area contributed by atoms with E-state index in [1.807, 2.05) is 22.1 Å². The average molecular weight is 973 g/mol. The first kappa shape index (κ1) is 50.8. The molecule has 0 atom stereocenters. The maximum absolute atomic E-state index is 13.9. The number of hydrogen-bond acceptors (Lipinski definition) is 13. The van der Waals surface area contributed by atoms with Crippen molar-refractivity contribution in [2.24, 2.45) is 17.1 Å². The van der Waals surface area contributed by atoms with Crippen molar-refractivity contribution in [1.82, 2.24) is 44.8 Å². The van der Waals surface area contributed by atoms with Gasteiger partial charge in [-0.2, -0.15) is 0 Å². The topological polar surface area (TPSA) is 223 Å². The number of aromatic nitrogens is 3. The lowest BCUT2D eigenvalue weighted by Crippen LogP contribution is -2.54. The van der Waals surface area contributed by atoms with Crippen molar-refractivity contribution in [3.8, 4) is 0 Å². The molecule has 5 fully saturated rings. The van der Waals surface area contributed by atoms with Crippen molar-refractivity contribution in [2.75, 3.05) is 104 Å². The Morgan fingerprint density at radius 1 is 0.887 bits per heavy atom. The van der Waals surface area contributed by atoms with E-state index >= 15 is 0 Å². The standard InChI is InChI=1S/C36H50N10O5.C16H15FN2O/c47-26-44-11-13-45(14-12-44)33(49)22-43-9-7-42(8-10-43)21-27-2-5-46(6-3-27)35(50)34-31(41-32(48)20-38-19-30-1-4-37-25-40-30)15-28(18-39-34)29-16-36(17-29)23-51-24-36;1-10-8-11(6-7-14(10)17)9-15(18)12-4-2-3-5-13(12)16(19)20/h1,4,15,18,25-27,29,38H,2-3,5-14,16-17,19-24H2,(H,41,48);2-8,18H,9H2,1H3,(H2,19,20). The zero-order valence-corrected chi connectivity index (χ0v) is 40.5. The molecular weight excluding hydrogens is 908 g/mol. The van der Waals surface area contributed by atoms with E-state index in [-0.39, 0.29) is 35.8 Å². The molecule has 2 aromatic heterocycles. The number of nitrogens with two attached hydrogens (primary N) is 1. The van der Waals surface area contributed by atoms with Crippen LogP contribution in [0.15, 0.2) is 73.3 Å². The van der Waals surface area contributed by atoms with Crippen LogP contribution in [0.3, 0.4) is 0 Å². The number of amides is 5. The summed E-state index contributed by atoms with van der Waals surface area (Å²) in [5.74, 6) is -0.219. The van der Waals surface area contributed by atoms with Crippen LogP contribution in [0.25, 0.3) is 0 Å². The quantitative estimate of drug-likeness (QED) is 0.0940. The Hall–Kier alpha value is -6.54. The first-order valence-electron chi connectivity index (χ1n) is 24.6. The Morgan fingerprint density at radius 2 is 1.61 bits per heavy atom. The molecule has 5 N–H and O–H groups in total. The van der Waals surface area contributed by atoms with E-state index in [0.29, 0.717) is 104 Å². The number of ether oxygens (including phenoxy) is 1. The van der Waals surface area contributed by atoms with Crippen LogP contribution in [0.4, 0.5) is 10.1 Å². The number of anilines is 1. The maximum atomic E-state index is 13.9. The summed E-state index contributed by atoms with van der Waals surface area (Å²) in [6, 6.07) is 15.2. The van der Waals surface area contributed by atoms with Crippen LogP contribution in [0.1, 0.15) is 80.4 Å². The van der Waals surface area contributed by atoms with Crippen LogP contribution >= 0.6 is 0 Å². The van der Waals surface area contributed by atoms with Gasteiger partial charge >= 0.3 is 0 Å². The van der Waals surface area contributed by atoms with Crippen LogP contribution in [-0.2, 0) is 32.1 Å². The second-order valence-corrected chi connectivity index (χ2v) is 19.6. The van der Waals surface area contributed by atoms with Crippen LogP contribution in [0.5, 0.6) is 0 Å². The first-order valence-corrected chi connectivity index (χ1v) is 24.6. The lowest BCUT2D eigenvalue weighted by Gasteiger charge is -2.53. The highest BCUT2D eigenvalue weighted by Crippen LogP contribution is 2.55. The van der Waals surface area contributed by atoms with E-state index in [9.17, 15) is 28.4 Å². The van der Waals surface area contributed by atoms with E-state index < -0.39 is 5.91 Å². The molecular formula is C52H65FN12O6. The molecule has 18 nitrogen and oxygen atoms in total. The van der Waals surface area contributed by atoms with Gasteiger partial charge in [0.15, 0.2) is 5.69 Å². The van der Waals surface area contributed by atoms with E-state index in [2.05, 4.69) is 35.4 Å². The van der Waals surface area contributed by atoms with Crippen molar-refractivity contribution in [3.05, 3.63) is 118 Å². The summed E-state index contributed by atoms with van der Waals surface area (Å²) in [6.07, 6.45) is 10.0. The van der Waals surface area contributed by atoms with Gasteiger partial charge in [0, 0.05) is 120 Å². The molecule has 0 radical (unpaired) electrons. The van der Waals surface area contributed by atoms with Gasteiger partial charge in [-0.25, -0.2) is 19.3 Å². The molecule has 376 valence electrons. The molecule has 0 unspecified atom stereocenters. The van der Waals surface area contributed by atoms with E-state index in [4.69, 9.17) is 15.9 Å². The molecule has 1 spiro atoms. The van der Waals surface area contributed by atoms with Gasteiger partial charge in [-0.1, -0.05) is 30.3 Å². The van der Waals surface area contributed by atoms with Crippen LogP contribution in [0, 0.1) is 29.5 Å². The normalized spacial score (nSPS) is 18.4. The minimum atomic E-state index is -0.555. The highest BCUT2D eigenvalue weighted by Gasteiger charge is 2.50. The Morgan fingerprint density at radius 3 is 2.25 bits per heavy atom. The molecule has 4 aliphatic heterocycles. The number of hydrogen-bond donors (Lipinski definition) is 4. The van der Waals surface area contributed by atoms with E-state index in [1.165, 1.54) is 12.4 Å². The predicted molar refractivity (Wildman–Crippen MR) is 264 cm³/mol. The molecule has 71 heavy (non-hydrogen) atoms. The molecule has 9 rings (SSSR count). The number of carbonyl (C=O) groups excluding carboxylic acids is 5. The maximum Gasteiger partial charge on any atom is 0.274 e. The van der Waals surface area contributed by atoms with Gasteiger partial charge in [-0.05, 0) is 85.4 Å². The molecule has 0 bridgehead atoms. The molecule has 4 aromatic rings. The SMILES string of the molecule is Cc1cc(CC(=N)c2ccccc2C(N)=O)ccc1F.O=CN1CCN(C(=O)CN2CCN(CC3CCN(C(=O)c4ncc(C5CC6(COC6)C5)cc4NC(=O)CNCc4ccncn4)CC3)CC2)CC1. The molecule has 1 saturated carbocycles. The van der Waals surface area contributed by atoms with Crippen LogP contribution < -0.4 is 16.4 Å². The molecule has 4 saturated heterocycles. The van der Waals surface area contributed by atoms with Crippen LogP contribution in [-0.4, -0.2) is 173 Å². The van der Waals surface area contributed by atoms with E-state index in [1.54, 1.807) is 60.5 Å². The van der Waals surface area contributed by atoms with Crippen molar-refractivity contribution >= 4 is 41.4 Å². The fraction of sp³-hybridized carbons (Fsp3) is 0.481. The lowest BCUT2D eigenvalue weighted by atomic mass is 9.59. The number of likely N-dealkylation sites (tertiary alicyclic amines) is 1. The molecule has 5 aliphatic rings. The summed E-state index contributed by atoms with van der Waals surface area (Å²) < 4.78 is 18.7. The van der Waals surface area contributed by atoms with Gasteiger partial charge in [0.05, 0.1) is 37.7 Å². The van der Waals surface area contributed by atoms with Crippen LogP contribution in [0.2, 0.25) is 0 Å². The molecule has 19 heteroatoms. The number of halogens is 1. The summed E-state index contributed by atoms with van der Waals surface area (Å²) in [6.45, 7) is 12.5. The third kappa shape index (κ3) is 13.3. The molecule has 1 aliphatic carbocycles. The minimum Gasteiger partial charge on any atom is -0.380 e. The minimum absolute atomic E-state index is 0.0709. The second-order valence-electron chi connectivity index (χ2n) is 19.6. The van der Waals surface area contributed by atoms with E-state index in [0.717, 1.165) is 94.9 Å². The number of rotatable bonds is 16. The van der Waals surface area contributed by atoms with Gasteiger partial charge in [0.25, 0.3) is 5.91 Å².